The van der Waals surface area contributed by atoms with E-state index in [4.69, 9.17) is 0 Å². The molecule has 1 aromatic carbocycles. The summed E-state index contributed by atoms with van der Waals surface area (Å²) in [5.74, 6) is -0.334. The predicted octanol–water partition coefficient (Wildman–Crippen LogP) is 1.71. The Labute approximate surface area is 132 Å². The molecular weight excluding hydrogens is 300 g/mol. The number of ether oxygens (including phenoxy) is 1. The summed E-state index contributed by atoms with van der Waals surface area (Å²) < 4.78 is 4.68. The van der Waals surface area contributed by atoms with Crippen molar-refractivity contribution in [3.8, 4) is 0 Å². The van der Waals surface area contributed by atoms with E-state index >= 15 is 0 Å². The topological polar surface area (TPSA) is 62.4 Å². The van der Waals surface area contributed by atoms with Crippen LogP contribution in [0.25, 0.3) is 0 Å². The molecule has 0 radical (unpaired) electrons. The van der Waals surface area contributed by atoms with E-state index in [1.54, 1.807) is 0 Å². The highest BCUT2D eigenvalue weighted by molar-refractivity contribution is 7.09. The molecule has 0 aliphatic carbocycles. The van der Waals surface area contributed by atoms with Gasteiger partial charge in [-0.15, -0.1) is 0 Å². The normalized spacial score (nSPS) is 14.6. The van der Waals surface area contributed by atoms with Gasteiger partial charge in [0.05, 0.1) is 13.5 Å². The Morgan fingerprint density at radius 3 is 2.91 bits per heavy atom. The Morgan fingerprint density at radius 1 is 1.36 bits per heavy atom. The molecule has 2 heterocycles. The second kappa shape index (κ2) is 6.46. The highest BCUT2D eigenvalue weighted by Crippen LogP contribution is 2.22. The Morgan fingerprint density at radius 2 is 2.14 bits per heavy atom. The fourth-order valence-corrected chi connectivity index (χ4v) is 3.66. The maximum Gasteiger partial charge on any atom is 0.311 e. The van der Waals surface area contributed by atoms with Gasteiger partial charge in [-0.2, -0.15) is 0 Å². The van der Waals surface area contributed by atoms with Gasteiger partial charge in [0, 0.05) is 30.2 Å². The number of hydrogen-bond acceptors (Lipinski definition) is 5. The molecule has 1 N–H and O–H groups in total. The molecule has 3 rings (SSSR count). The first-order valence-corrected chi connectivity index (χ1v) is 8.04. The molecular formula is C16H18N2O3S. The number of aromatic amines is 1. The third kappa shape index (κ3) is 3.28. The minimum Gasteiger partial charge on any atom is -0.469 e. The molecule has 116 valence electrons. The molecule has 22 heavy (non-hydrogen) atoms. The molecule has 0 amide bonds. The molecule has 0 spiro atoms. The van der Waals surface area contributed by atoms with Crippen LogP contribution in [0.2, 0.25) is 0 Å². The number of carbonyl (C=O) groups excluding carboxylic acids is 1. The van der Waals surface area contributed by atoms with Crippen LogP contribution >= 0.6 is 11.3 Å². The Bertz CT molecular complexity index is 735. The van der Waals surface area contributed by atoms with Crippen molar-refractivity contribution in [1.29, 1.82) is 0 Å². The molecule has 0 saturated heterocycles. The van der Waals surface area contributed by atoms with E-state index in [0.29, 0.717) is 12.2 Å². The van der Waals surface area contributed by atoms with E-state index in [0.717, 1.165) is 24.4 Å². The van der Waals surface area contributed by atoms with Gasteiger partial charge in [0.15, 0.2) is 0 Å². The number of nitrogens with one attached hydrogen (secondary N) is 1. The number of nitrogens with zero attached hydrogens (tertiary/aromatic N) is 1. The molecule has 2 aromatic rings. The summed E-state index contributed by atoms with van der Waals surface area (Å²) in [6.45, 7) is 2.52. The van der Waals surface area contributed by atoms with E-state index in [1.165, 1.54) is 29.6 Å². The summed E-state index contributed by atoms with van der Waals surface area (Å²) in [5, 5.41) is 0. The Balaban J connectivity index is 1.74. The van der Waals surface area contributed by atoms with Crippen molar-refractivity contribution in [3.63, 3.8) is 0 Å². The number of rotatable bonds is 4. The summed E-state index contributed by atoms with van der Waals surface area (Å²) in [6.07, 6.45) is 1.14. The molecule has 1 aliphatic heterocycles. The summed E-state index contributed by atoms with van der Waals surface area (Å²) in [7, 11) is 1.36. The van der Waals surface area contributed by atoms with Crippen LogP contribution in [0.5, 0.6) is 0 Å². The summed E-state index contributed by atoms with van der Waals surface area (Å²) >= 11 is 1.18. The maximum absolute atomic E-state index is 11.6. The van der Waals surface area contributed by atoms with Crippen LogP contribution in [0.1, 0.15) is 21.7 Å². The van der Waals surface area contributed by atoms with Crippen LogP contribution in [-0.2, 0) is 35.5 Å². The van der Waals surface area contributed by atoms with Crippen LogP contribution < -0.4 is 4.87 Å². The summed E-state index contributed by atoms with van der Waals surface area (Å²) in [4.78, 5) is 28.9. The maximum atomic E-state index is 11.6. The highest BCUT2D eigenvalue weighted by atomic mass is 32.1. The third-order valence-electron chi connectivity index (χ3n) is 3.93. The molecule has 0 bridgehead atoms. The second-order valence-corrected chi connectivity index (χ2v) is 6.47. The number of thiazole rings is 1. The number of hydrogen-bond donors (Lipinski definition) is 1. The van der Waals surface area contributed by atoms with Crippen molar-refractivity contribution in [2.75, 3.05) is 13.7 Å². The Hall–Kier alpha value is -1.92. The number of aromatic nitrogens is 1. The number of benzene rings is 1. The number of carbonyl (C=O) groups is 1. The van der Waals surface area contributed by atoms with Crippen molar-refractivity contribution in [2.45, 2.75) is 25.9 Å². The number of esters is 1. The van der Waals surface area contributed by atoms with E-state index in [-0.39, 0.29) is 17.3 Å². The van der Waals surface area contributed by atoms with Gasteiger partial charge in [-0.25, -0.2) is 0 Å². The van der Waals surface area contributed by atoms with E-state index in [9.17, 15) is 9.59 Å². The van der Waals surface area contributed by atoms with E-state index < -0.39 is 0 Å². The van der Waals surface area contributed by atoms with Crippen molar-refractivity contribution in [3.05, 3.63) is 55.6 Å². The van der Waals surface area contributed by atoms with Gasteiger partial charge in [-0.05, 0) is 17.5 Å². The van der Waals surface area contributed by atoms with E-state index in [1.807, 2.05) is 0 Å². The third-order valence-corrected chi connectivity index (χ3v) is 4.84. The van der Waals surface area contributed by atoms with Gasteiger partial charge in [0.1, 0.15) is 0 Å². The van der Waals surface area contributed by atoms with Crippen molar-refractivity contribution in [2.24, 2.45) is 0 Å². The van der Waals surface area contributed by atoms with Crippen LogP contribution in [-0.4, -0.2) is 29.5 Å². The quantitative estimate of drug-likeness (QED) is 0.872. The van der Waals surface area contributed by atoms with Gasteiger partial charge in [-0.3, -0.25) is 14.5 Å². The SMILES string of the molecule is COC(=O)Cc1[nH]c(=O)sc1CN1CCc2ccccc2C1. The largest absolute Gasteiger partial charge is 0.469 e. The monoisotopic (exact) mass is 318 g/mol. The van der Waals surface area contributed by atoms with Crippen molar-refractivity contribution >= 4 is 17.3 Å². The summed E-state index contributed by atoms with van der Waals surface area (Å²) in [5.41, 5.74) is 3.42. The van der Waals surface area contributed by atoms with Gasteiger partial charge in [0.25, 0.3) is 0 Å². The summed E-state index contributed by atoms with van der Waals surface area (Å²) in [6, 6.07) is 8.45. The fourth-order valence-electron chi connectivity index (χ4n) is 2.77. The zero-order chi connectivity index (χ0) is 15.5. The first kappa shape index (κ1) is 15.0. The molecule has 0 unspecified atom stereocenters. The smallest absolute Gasteiger partial charge is 0.311 e. The van der Waals surface area contributed by atoms with Gasteiger partial charge in [0.2, 0.25) is 0 Å². The first-order chi connectivity index (χ1) is 10.7. The second-order valence-electron chi connectivity index (χ2n) is 5.40. The number of fused-ring (bicyclic) bond motifs is 1. The average molecular weight is 318 g/mol. The first-order valence-electron chi connectivity index (χ1n) is 7.22. The standard InChI is InChI=1S/C16H18N2O3S/c1-21-15(19)8-13-14(22-16(20)17-13)10-18-7-6-11-4-2-3-5-12(11)9-18/h2-5H,6-10H2,1H3,(H,17,20). The molecule has 6 heteroatoms. The van der Waals surface area contributed by atoms with Crippen LogP contribution in [0, 0.1) is 0 Å². The zero-order valence-electron chi connectivity index (χ0n) is 12.4. The van der Waals surface area contributed by atoms with Gasteiger partial charge >= 0.3 is 10.8 Å². The number of methoxy groups -OCH3 is 1. The lowest BCUT2D eigenvalue weighted by Gasteiger charge is -2.28. The van der Waals surface area contributed by atoms with Crippen LogP contribution in [0.3, 0.4) is 0 Å². The van der Waals surface area contributed by atoms with Crippen molar-refractivity contribution in [1.82, 2.24) is 9.88 Å². The minimum atomic E-state index is -0.334. The zero-order valence-corrected chi connectivity index (χ0v) is 13.2. The van der Waals surface area contributed by atoms with E-state index in [2.05, 4.69) is 38.9 Å². The molecule has 0 saturated carbocycles. The van der Waals surface area contributed by atoms with Crippen LogP contribution in [0.4, 0.5) is 0 Å². The number of H-pyrrole nitrogens is 1. The lowest BCUT2D eigenvalue weighted by Crippen LogP contribution is -2.30. The van der Waals surface area contributed by atoms with Gasteiger partial charge < -0.3 is 9.72 Å². The molecule has 0 fully saturated rings. The lowest BCUT2D eigenvalue weighted by molar-refractivity contribution is -0.139. The minimum absolute atomic E-state index is 0.119. The highest BCUT2D eigenvalue weighted by Gasteiger charge is 2.19. The molecule has 0 atom stereocenters. The van der Waals surface area contributed by atoms with Crippen molar-refractivity contribution < 1.29 is 9.53 Å². The molecule has 1 aliphatic rings. The average Bonchev–Trinajstić information content (AvgIpc) is 2.86. The van der Waals surface area contributed by atoms with Crippen LogP contribution in [0.15, 0.2) is 29.1 Å². The molecule has 1 aromatic heterocycles. The van der Waals surface area contributed by atoms with Gasteiger partial charge in [-0.1, -0.05) is 35.6 Å². The lowest BCUT2D eigenvalue weighted by atomic mass is 10.00. The molecule has 5 nitrogen and oxygen atoms in total. The Kier molecular flexibility index (Phi) is 4.40. The predicted molar refractivity (Wildman–Crippen MR) is 84.9 cm³/mol. The fraction of sp³-hybridized carbons (Fsp3) is 0.375.